The zero-order chi connectivity index (χ0) is 16.8. The molecule has 0 fully saturated rings. The van der Waals surface area contributed by atoms with E-state index in [2.05, 4.69) is 15.5 Å². The highest BCUT2D eigenvalue weighted by molar-refractivity contribution is 7.99. The lowest BCUT2D eigenvalue weighted by Gasteiger charge is -2.13. The Labute approximate surface area is 143 Å². The molecule has 0 saturated carbocycles. The highest BCUT2D eigenvalue weighted by Gasteiger charge is 2.13. The summed E-state index contributed by atoms with van der Waals surface area (Å²) < 4.78 is 6.89. The minimum atomic E-state index is -0.295. The van der Waals surface area contributed by atoms with Gasteiger partial charge in [0.1, 0.15) is 6.33 Å². The largest absolute Gasteiger partial charge is 0.380 e. The van der Waals surface area contributed by atoms with Crippen LogP contribution in [-0.2, 0) is 16.6 Å². The Morgan fingerprint density at radius 3 is 2.91 bits per heavy atom. The molecule has 1 aromatic heterocycles. The van der Waals surface area contributed by atoms with Crippen molar-refractivity contribution in [1.29, 1.82) is 0 Å². The van der Waals surface area contributed by atoms with Crippen molar-refractivity contribution < 1.29 is 9.53 Å². The summed E-state index contributed by atoms with van der Waals surface area (Å²) in [6, 6.07) is 5.31. The van der Waals surface area contributed by atoms with Crippen LogP contribution < -0.4 is 11.1 Å². The number of ether oxygens (including phenoxy) is 1. The lowest BCUT2D eigenvalue weighted by molar-refractivity contribution is -0.118. The molecule has 3 N–H and O–H groups in total. The summed E-state index contributed by atoms with van der Waals surface area (Å²) in [5.41, 5.74) is 6.12. The molecule has 1 amide bonds. The van der Waals surface area contributed by atoms with Crippen LogP contribution in [0.2, 0.25) is 5.02 Å². The Kier molecular flexibility index (Phi) is 6.40. The third-order valence-corrected chi connectivity index (χ3v) is 4.65. The second-order valence-electron chi connectivity index (χ2n) is 4.82. The number of benzene rings is 1. The Hall–Kier alpha value is -1.61. The highest BCUT2D eigenvalue weighted by Crippen LogP contribution is 2.33. The van der Waals surface area contributed by atoms with Gasteiger partial charge < -0.3 is 20.4 Å². The van der Waals surface area contributed by atoms with E-state index in [1.807, 2.05) is 13.1 Å². The number of carbonyl (C=O) groups excluding carboxylic acids is 1. The van der Waals surface area contributed by atoms with Gasteiger partial charge in [-0.1, -0.05) is 11.6 Å². The Morgan fingerprint density at radius 1 is 1.57 bits per heavy atom. The van der Waals surface area contributed by atoms with Crippen LogP contribution in [0.5, 0.6) is 0 Å². The molecule has 1 unspecified atom stereocenters. The van der Waals surface area contributed by atoms with Crippen molar-refractivity contribution >= 4 is 35.0 Å². The van der Waals surface area contributed by atoms with E-state index in [1.165, 1.54) is 18.9 Å². The van der Waals surface area contributed by atoms with Gasteiger partial charge in [0, 0.05) is 31.3 Å². The fraction of sp³-hybridized carbons (Fsp3) is 0.357. The summed E-state index contributed by atoms with van der Waals surface area (Å²) in [4.78, 5) is 12.8. The van der Waals surface area contributed by atoms with Crippen molar-refractivity contribution in [3.63, 3.8) is 0 Å². The van der Waals surface area contributed by atoms with Crippen LogP contribution in [0.3, 0.4) is 0 Å². The first-order valence-electron chi connectivity index (χ1n) is 6.87. The molecular weight excluding hydrogens is 338 g/mol. The average Bonchev–Trinajstić information content (AvgIpc) is 2.92. The van der Waals surface area contributed by atoms with Crippen molar-refractivity contribution in [2.45, 2.75) is 22.6 Å². The predicted octanol–water partition coefficient (Wildman–Crippen LogP) is 1.92. The first-order chi connectivity index (χ1) is 11.0. The Morgan fingerprint density at radius 2 is 2.35 bits per heavy atom. The van der Waals surface area contributed by atoms with Gasteiger partial charge in [-0.2, -0.15) is 0 Å². The second-order valence-corrected chi connectivity index (χ2v) is 6.23. The SMILES string of the molecule is COC(CN)CC(=O)Nc1ccc(Sc2nncn2C)c(Cl)c1. The summed E-state index contributed by atoms with van der Waals surface area (Å²) in [5, 5.41) is 11.8. The van der Waals surface area contributed by atoms with E-state index in [4.69, 9.17) is 22.1 Å². The van der Waals surface area contributed by atoms with Gasteiger partial charge in [0.2, 0.25) is 5.91 Å². The van der Waals surface area contributed by atoms with Gasteiger partial charge in [0.25, 0.3) is 0 Å². The van der Waals surface area contributed by atoms with E-state index >= 15 is 0 Å². The number of carbonyl (C=O) groups is 1. The van der Waals surface area contributed by atoms with Gasteiger partial charge in [-0.05, 0) is 30.0 Å². The number of nitrogens with one attached hydrogen (secondary N) is 1. The maximum Gasteiger partial charge on any atom is 0.227 e. The fourth-order valence-corrected chi connectivity index (χ4v) is 2.87. The van der Waals surface area contributed by atoms with E-state index < -0.39 is 0 Å². The monoisotopic (exact) mass is 355 g/mol. The predicted molar refractivity (Wildman–Crippen MR) is 89.7 cm³/mol. The van der Waals surface area contributed by atoms with E-state index in [1.54, 1.807) is 23.0 Å². The molecule has 0 aliphatic carbocycles. The molecule has 0 aliphatic heterocycles. The van der Waals surface area contributed by atoms with Crippen LogP contribution in [0.15, 0.2) is 34.6 Å². The zero-order valence-corrected chi connectivity index (χ0v) is 14.4. The van der Waals surface area contributed by atoms with Crippen molar-refractivity contribution in [2.75, 3.05) is 19.0 Å². The van der Waals surface area contributed by atoms with Gasteiger partial charge >= 0.3 is 0 Å². The molecule has 1 heterocycles. The molecule has 0 aliphatic rings. The van der Waals surface area contributed by atoms with Crippen molar-refractivity contribution in [3.05, 3.63) is 29.5 Å². The molecule has 2 rings (SSSR count). The van der Waals surface area contributed by atoms with Gasteiger partial charge in [-0.3, -0.25) is 4.79 Å². The molecule has 0 bridgehead atoms. The molecule has 0 saturated heterocycles. The number of nitrogens with two attached hydrogens (primary N) is 1. The number of aromatic nitrogens is 3. The van der Waals surface area contributed by atoms with Crippen LogP contribution in [0.1, 0.15) is 6.42 Å². The number of aryl methyl sites for hydroxylation is 1. The number of nitrogens with zero attached hydrogens (tertiary/aromatic N) is 3. The average molecular weight is 356 g/mol. The van der Waals surface area contributed by atoms with Crippen LogP contribution in [0.4, 0.5) is 5.69 Å². The molecular formula is C14H18ClN5O2S. The summed E-state index contributed by atoms with van der Waals surface area (Å²) in [5.74, 6) is -0.174. The fourth-order valence-electron chi connectivity index (χ4n) is 1.81. The van der Waals surface area contributed by atoms with Gasteiger partial charge in [-0.15, -0.1) is 10.2 Å². The third-order valence-electron chi connectivity index (χ3n) is 3.10. The van der Waals surface area contributed by atoms with Gasteiger partial charge in [-0.25, -0.2) is 0 Å². The number of hydrogen-bond donors (Lipinski definition) is 2. The summed E-state index contributed by atoms with van der Waals surface area (Å²) in [6.07, 6.45) is 1.52. The minimum Gasteiger partial charge on any atom is -0.380 e. The molecule has 9 heteroatoms. The number of hydrogen-bond acceptors (Lipinski definition) is 6. The molecule has 0 radical (unpaired) electrons. The standard InChI is InChI=1S/C14H18ClN5O2S/c1-20-8-17-19-14(20)23-12-4-3-9(5-11(12)15)18-13(21)6-10(7-16)22-2/h3-5,8,10H,6-7,16H2,1-2H3,(H,18,21). The van der Waals surface area contributed by atoms with Gasteiger partial charge in [0.15, 0.2) is 5.16 Å². The summed E-state index contributed by atoms with van der Waals surface area (Å²) in [6.45, 7) is 0.290. The number of rotatable bonds is 7. The summed E-state index contributed by atoms with van der Waals surface area (Å²) in [7, 11) is 3.38. The van der Waals surface area contributed by atoms with Crippen molar-refractivity contribution in [2.24, 2.45) is 12.8 Å². The second kappa shape index (κ2) is 8.30. The smallest absolute Gasteiger partial charge is 0.227 e. The lowest BCUT2D eigenvalue weighted by atomic mass is 10.2. The molecule has 124 valence electrons. The van der Waals surface area contributed by atoms with Crippen LogP contribution in [0.25, 0.3) is 0 Å². The summed E-state index contributed by atoms with van der Waals surface area (Å²) >= 11 is 7.67. The zero-order valence-electron chi connectivity index (χ0n) is 12.8. The molecule has 7 nitrogen and oxygen atoms in total. The molecule has 1 atom stereocenters. The minimum absolute atomic E-state index is 0.174. The Bertz CT molecular complexity index is 675. The first-order valence-corrected chi connectivity index (χ1v) is 8.07. The maximum atomic E-state index is 11.9. The maximum absolute atomic E-state index is 11.9. The van der Waals surface area contributed by atoms with E-state index in [0.29, 0.717) is 10.7 Å². The molecule has 1 aromatic carbocycles. The van der Waals surface area contributed by atoms with E-state index in [-0.39, 0.29) is 25.0 Å². The van der Waals surface area contributed by atoms with E-state index in [9.17, 15) is 4.79 Å². The Balaban J connectivity index is 2.01. The highest BCUT2D eigenvalue weighted by atomic mass is 35.5. The molecule has 23 heavy (non-hydrogen) atoms. The number of amides is 1. The topological polar surface area (TPSA) is 95.1 Å². The third kappa shape index (κ3) is 4.93. The van der Waals surface area contributed by atoms with Crippen LogP contribution in [-0.4, -0.2) is 40.4 Å². The lowest BCUT2D eigenvalue weighted by Crippen LogP contribution is -2.28. The molecule has 2 aromatic rings. The van der Waals surface area contributed by atoms with Crippen LogP contribution in [0, 0.1) is 0 Å². The normalized spacial score (nSPS) is 12.2. The van der Waals surface area contributed by atoms with Crippen LogP contribution >= 0.6 is 23.4 Å². The number of methoxy groups -OCH3 is 1. The van der Waals surface area contributed by atoms with Crippen molar-refractivity contribution in [3.8, 4) is 0 Å². The number of anilines is 1. The first kappa shape index (κ1) is 17.7. The molecule has 0 spiro atoms. The van der Waals surface area contributed by atoms with E-state index in [0.717, 1.165) is 10.1 Å². The van der Waals surface area contributed by atoms with Gasteiger partial charge in [0.05, 0.1) is 17.5 Å². The quantitative estimate of drug-likeness (QED) is 0.787. The number of halogens is 1. The van der Waals surface area contributed by atoms with Crippen molar-refractivity contribution in [1.82, 2.24) is 14.8 Å².